The van der Waals surface area contributed by atoms with Gasteiger partial charge in [-0.3, -0.25) is 0 Å². The van der Waals surface area contributed by atoms with Crippen LogP contribution in [-0.2, 0) is 0 Å². The molecule has 12 aliphatic rings. The Bertz CT molecular complexity index is 867. The summed E-state index contributed by atoms with van der Waals surface area (Å²) < 4.78 is 0. The standard InChI is InChI=1S/2C17H22.C3H8.6C2H6/c2*1-2-9-5-8(1)14-12-7-13(15(9)14)17-11-4-3-10(6-11)16(12)17;1-3-2;6*1-2/h2*1-2,8-17H,3-7H2;3H2,1-2H3;6*1-2H3. The highest BCUT2D eigenvalue weighted by molar-refractivity contribution is 5.25. The van der Waals surface area contributed by atoms with Gasteiger partial charge in [0.25, 0.3) is 0 Å². The SMILES string of the molecule is C1=CC2CC1C1C3CC(C21)C1C2CCC(C2)C31.C1=CC2CC1C1C3CC(C21)C1C2CCC(C2)C31.CC.CC.CC.CC.CC.CC.CCC. The minimum Gasteiger partial charge on any atom is -0.0848 e. The van der Waals surface area contributed by atoms with E-state index >= 15 is 0 Å². The Morgan fingerprint density at radius 1 is 0.306 bits per heavy atom. The first-order valence-corrected chi connectivity index (χ1v) is 23.6. The van der Waals surface area contributed by atoms with Crippen LogP contribution in [0.3, 0.4) is 0 Å². The molecule has 284 valence electrons. The van der Waals surface area contributed by atoms with Crippen molar-refractivity contribution in [3.8, 4) is 0 Å². The van der Waals surface area contributed by atoms with Crippen LogP contribution in [0.25, 0.3) is 0 Å². The van der Waals surface area contributed by atoms with Gasteiger partial charge in [0.1, 0.15) is 0 Å². The molecule has 0 N–H and O–H groups in total. The van der Waals surface area contributed by atoms with Crippen LogP contribution in [0, 0.1) is 118 Å². The van der Waals surface area contributed by atoms with E-state index in [2.05, 4.69) is 38.2 Å². The molecule has 12 rings (SSSR count). The van der Waals surface area contributed by atoms with E-state index in [4.69, 9.17) is 0 Å². The molecule has 0 saturated heterocycles. The van der Waals surface area contributed by atoms with Crippen molar-refractivity contribution in [3.05, 3.63) is 24.3 Å². The van der Waals surface area contributed by atoms with Crippen molar-refractivity contribution in [1.29, 1.82) is 0 Å². The zero-order chi connectivity index (χ0) is 36.2. The molecule has 10 fully saturated rings. The molecule has 0 spiro atoms. The summed E-state index contributed by atoms with van der Waals surface area (Å²) in [6.07, 6.45) is 27.8. The van der Waals surface area contributed by atoms with Gasteiger partial charge in [0.2, 0.25) is 0 Å². The lowest BCUT2D eigenvalue weighted by Gasteiger charge is -2.44. The van der Waals surface area contributed by atoms with Gasteiger partial charge in [-0.15, -0.1) is 0 Å². The van der Waals surface area contributed by atoms with Crippen molar-refractivity contribution in [3.63, 3.8) is 0 Å². The van der Waals surface area contributed by atoms with Crippen molar-refractivity contribution >= 4 is 0 Å². The molecule has 0 heterocycles. The van der Waals surface area contributed by atoms with E-state index in [1.165, 1.54) is 77.4 Å². The molecular formula is C49H88. The Morgan fingerprint density at radius 2 is 0.510 bits per heavy atom. The van der Waals surface area contributed by atoms with Gasteiger partial charge in [-0.2, -0.15) is 0 Å². The summed E-state index contributed by atoms with van der Waals surface area (Å²) in [5.74, 6) is 23.1. The molecular weight excluding hydrogens is 589 g/mol. The third-order valence-corrected chi connectivity index (χ3v) is 16.3. The largest absolute Gasteiger partial charge is 0.0848 e. The zero-order valence-corrected chi connectivity index (χ0v) is 35.6. The third kappa shape index (κ3) is 6.44. The van der Waals surface area contributed by atoms with Crippen molar-refractivity contribution in [1.82, 2.24) is 0 Å². The third-order valence-electron chi connectivity index (χ3n) is 16.3. The fourth-order valence-corrected chi connectivity index (χ4v) is 16.4. The second-order valence-corrected chi connectivity index (χ2v) is 17.0. The van der Waals surface area contributed by atoms with Crippen molar-refractivity contribution in [2.75, 3.05) is 0 Å². The lowest BCUT2D eigenvalue weighted by molar-refractivity contribution is 0.0505. The van der Waals surface area contributed by atoms with Crippen molar-refractivity contribution in [2.45, 2.75) is 168 Å². The maximum absolute atomic E-state index is 2.61. The molecule has 0 nitrogen and oxygen atoms in total. The Labute approximate surface area is 309 Å². The predicted octanol–water partition coefficient (Wildman–Crippen LogP) is 15.0. The maximum atomic E-state index is 2.61. The fraction of sp³-hybridized carbons (Fsp3) is 0.918. The van der Waals surface area contributed by atoms with Gasteiger partial charge in [-0.1, -0.05) is 128 Å². The molecule has 12 bridgehead atoms. The number of rotatable bonds is 0. The summed E-state index contributed by atoms with van der Waals surface area (Å²) in [6.45, 7) is 28.2. The van der Waals surface area contributed by atoms with Gasteiger partial charge in [-0.25, -0.2) is 0 Å². The molecule has 20 atom stereocenters. The molecule has 0 amide bonds. The molecule has 10 saturated carbocycles. The molecule has 0 aromatic heterocycles. The minimum absolute atomic E-state index is 1.03. The lowest BCUT2D eigenvalue weighted by atomic mass is 9.61. The minimum atomic E-state index is 1.03. The van der Waals surface area contributed by atoms with E-state index in [9.17, 15) is 0 Å². The molecule has 0 radical (unpaired) electrons. The average molecular weight is 677 g/mol. The predicted molar refractivity (Wildman–Crippen MR) is 218 cm³/mol. The Kier molecular flexibility index (Phi) is 15.6. The average Bonchev–Trinajstić information content (AvgIpc) is 4.03. The van der Waals surface area contributed by atoms with E-state index in [-0.39, 0.29) is 0 Å². The first-order valence-electron chi connectivity index (χ1n) is 23.6. The number of allylic oxidation sites excluding steroid dienone is 4. The zero-order valence-electron chi connectivity index (χ0n) is 35.6. The summed E-state index contributed by atoms with van der Waals surface area (Å²) in [7, 11) is 0. The maximum Gasteiger partial charge on any atom is -0.0194 e. The lowest BCUT2D eigenvalue weighted by Crippen LogP contribution is -2.39. The summed E-state index contributed by atoms with van der Waals surface area (Å²) in [6, 6.07) is 0. The second kappa shape index (κ2) is 18.5. The van der Waals surface area contributed by atoms with Crippen LogP contribution in [0.15, 0.2) is 24.3 Å². The summed E-state index contributed by atoms with van der Waals surface area (Å²) in [4.78, 5) is 0. The molecule has 20 unspecified atom stereocenters. The molecule has 12 aliphatic carbocycles. The highest BCUT2D eigenvalue weighted by Crippen LogP contribution is 2.77. The monoisotopic (exact) mass is 677 g/mol. The summed E-state index contributed by atoms with van der Waals surface area (Å²) in [5, 5.41) is 0. The first kappa shape index (κ1) is 41.2. The highest BCUT2D eigenvalue weighted by Gasteiger charge is 2.70. The summed E-state index contributed by atoms with van der Waals surface area (Å²) in [5.41, 5.74) is 0. The van der Waals surface area contributed by atoms with Crippen LogP contribution >= 0.6 is 0 Å². The van der Waals surface area contributed by atoms with Gasteiger partial charge in [0.05, 0.1) is 0 Å². The normalized spacial score (nSPS) is 51.4. The van der Waals surface area contributed by atoms with Crippen LogP contribution in [0.1, 0.15) is 168 Å². The number of hydrogen-bond donors (Lipinski definition) is 0. The Hall–Kier alpha value is -0.520. The van der Waals surface area contributed by atoms with E-state index in [0.717, 1.165) is 47.3 Å². The van der Waals surface area contributed by atoms with E-state index in [1.807, 2.05) is 83.1 Å². The van der Waals surface area contributed by atoms with Crippen LogP contribution in [0.4, 0.5) is 0 Å². The highest BCUT2D eigenvalue weighted by atomic mass is 14.7. The Morgan fingerprint density at radius 3 is 0.714 bits per heavy atom. The van der Waals surface area contributed by atoms with Crippen LogP contribution in [0.5, 0.6) is 0 Å². The molecule has 0 heteroatoms. The van der Waals surface area contributed by atoms with Crippen LogP contribution in [-0.4, -0.2) is 0 Å². The first-order chi connectivity index (χ1) is 24.2. The van der Waals surface area contributed by atoms with Gasteiger partial charge < -0.3 is 0 Å². The van der Waals surface area contributed by atoms with E-state index < -0.39 is 0 Å². The number of fused-ring (bicyclic) bond motifs is 32. The molecule has 0 aromatic carbocycles. The summed E-state index contributed by atoms with van der Waals surface area (Å²) >= 11 is 0. The van der Waals surface area contributed by atoms with Gasteiger partial charge >= 0.3 is 0 Å². The quantitative estimate of drug-likeness (QED) is 0.177. The van der Waals surface area contributed by atoms with Crippen molar-refractivity contribution < 1.29 is 0 Å². The second-order valence-electron chi connectivity index (χ2n) is 17.0. The van der Waals surface area contributed by atoms with Crippen LogP contribution < -0.4 is 0 Å². The van der Waals surface area contributed by atoms with E-state index in [1.54, 1.807) is 64.2 Å². The number of hydrogen-bond acceptors (Lipinski definition) is 0. The smallest absolute Gasteiger partial charge is 0.0194 e. The molecule has 0 aliphatic heterocycles. The fourth-order valence-electron chi connectivity index (χ4n) is 16.4. The van der Waals surface area contributed by atoms with Gasteiger partial charge in [0.15, 0.2) is 0 Å². The molecule has 0 aromatic rings. The van der Waals surface area contributed by atoms with Gasteiger partial charge in [0, 0.05) is 0 Å². The van der Waals surface area contributed by atoms with Crippen molar-refractivity contribution in [2.24, 2.45) is 118 Å². The van der Waals surface area contributed by atoms with Gasteiger partial charge in [-0.05, 0) is 183 Å². The van der Waals surface area contributed by atoms with E-state index in [0.29, 0.717) is 0 Å². The van der Waals surface area contributed by atoms with Crippen LogP contribution in [0.2, 0.25) is 0 Å². The molecule has 49 heavy (non-hydrogen) atoms. The topological polar surface area (TPSA) is 0 Å². The Balaban J connectivity index is 0.000000161.